The normalized spacial score (nSPS) is 10.2. The fourth-order valence-corrected chi connectivity index (χ4v) is 2.28. The lowest BCUT2D eigenvalue weighted by atomic mass is 10.1. The summed E-state index contributed by atoms with van der Waals surface area (Å²) in [7, 11) is 3.10. The molecule has 0 unspecified atom stereocenters. The van der Waals surface area contributed by atoms with Gasteiger partial charge in [0.05, 0.1) is 19.8 Å². The number of carbonyl (C=O) groups is 1. The highest BCUT2D eigenvalue weighted by Crippen LogP contribution is 2.22. The second kappa shape index (κ2) is 7.26. The lowest BCUT2D eigenvalue weighted by Gasteiger charge is -2.10. The summed E-state index contributed by atoms with van der Waals surface area (Å²) >= 11 is 3.22. The van der Waals surface area contributed by atoms with Gasteiger partial charge in [0.1, 0.15) is 17.3 Å². The zero-order valence-electron chi connectivity index (χ0n) is 12.2. The summed E-state index contributed by atoms with van der Waals surface area (Å²) in [6, 6.07) is 9.52. The van der Waals surface area contributed by atoms with Gasteiger partial charge in [0.25, 0.3) is 5.91 Å². The average molecular weight is 368 g/mol. The Hall–Kier alpha value is -2.08. The van der Waals surface area contributed by atoms with Crippen LogP contribution in [0.15, 0.2) is 40.9 Å². The van der Waals surface area contributed by atoms with E-state index >= 15 is 0 Å². The molecule has 6 heteroatoms. The van der Waals surface area contributed by atoms with Crippen molar-refractivity contribution >= 4 is 21.8 Å². The van der Waals surface area contributed by atoms with Crippen LogP contribution in [0.2, 0.25) is 0 Å². The van der Waals surface area contributed by atoms with Gasteiger partial charge in [0.2, 0.25) is 0 Å². The summed E-state index contributed by atoms with van der Waals surface area (Å²) in [6.45, 7) is 0.234. The van der Waals surface area contributed by atoms with Crippen LogP contribution in [0.5, 0.6) is 11.5 Å². The molecule has 0 aliphatic carbocycles. The predicted molar refractivity (Wildman–Crippen MR) is 84.8 cm³/mol. The Labute approximate surface area is 136 Å². The highest BCUT2D eigenvalue weighted by molar-refractivity contribution is 9.10. The molecule has 116 valence electrons. The van der Waals surface area contributed by atoms with E-state index in [1.807, 2.05) is 0 Å². The van der Waals surface area contributed by atoms with E-state index in [-0.39, 0.29) is 12.1 Å². The van der Waals surface area contributed by atoms with Crippen molar-refractivity contribution in [1.82, 2.24) is 5.32 Å². The third-order valence-corrected chi connectivity index (χ3v) is 3.53. The van der Waals surface area contributed by atoms with Gasteiger partial charge in [-0.3, -0.25) is 4.79 Å². The topological polar surface area (TPSA) is 47.6 Å². The molecule has 0 aliphatic rings. The fraction of sp³-hybridized carbons (Fsp3) is 0.188. The number of hydrogen-bond acceptors (Lipinski definition) is 3. The first-order chi connectivity index (χ1) is 10.5. The van der Waals surface area contributed by atoms with Gasteiger partial charge in [-0.1, -0.05) is 15.9 Å². The largest absolute Gasteiger partial charge is 0.497 e. The maximum Gasteiger partial charge on any atom is 0.254 e. The van der Waals surface area contributed by atoms with Crippen molar-refractivity contribution in [3.05, 3.63) is 57.8 Å². The second-order valence-corrected chi connectivity index (χ2v) is 5.44. The molecule has 2 rings (SSSR count). The molecule has 0 fully saturated rings. The molecule has 2 aromatic carbocycles. The first-order valence-corrected chi connectivity index (χ1v) is 7.28. The number of amides is 1. The average Bonchev–Trinajstić information content (AvgIpc) is 2.54. The molecule has 2 aromatic rings. The predicted octanol–water partition coefficient (Wildman–Crippen LogP) is 3.54. The van der Waals surface area contributed by atoms with E-state index in [1.165, 1.54) is 12.1 Å². The summed E-state index contributed by atoms with van der Waals surface area (Å²) in [4.78, 5) is 12.1. The van der Waals surface area contributed by atoms with Crippen LogP contribution in [-0.2, 0) is 6.54 Å². The minimum absolute atomic E-state index is 0.00997. The van der Waals surface area contributed by atoms with Gasteiger partial charge in [-0.25, -0.2) is 4.39 Å². The van der Waals surface area contributed by atoms with E-state index < -0.39 is 11.7 Å². The van der Waals surface area contributed by atoms with Crippen LogP contribution in [0.25, 0.3) is 0 Å². The first kappa shape index (κ1) is 16.3. The van der Waals surface area contributed by atoms with Crippen molar-refractivity contribution in [2.24, 2.45) is 0 Å². The van der Waals surface area contributed by atoms with E-state index in [0.29, 0.717) is 16.0 Å². The van der Waals surface area contributed by atoms with E-state index in [9.17, 15) is 9.18 Å². The monoisotopic (exact) mass is 367 g/mol. The Morgan fingerprint density at radius 3 is 2.36 bits per heavy atom. The zero-order valence-corrected chi connectivity index (χ0v) is 13.7. The minimum atomic E-state index is -0.566. The van der Waals surface area contributed by atoms with Gasteiger partial charge >= 0.3 is 0 Å². The molecule has 0 heterocycles. The van der Waals surface area contributed by atoms with Crippen molar-refractivity contribution in [1.29, 1.82) is 0 Å². The van der Waals surface area contributed by atoms with E-state index in [0.717, 1.165) is 5.56 Å². The van der Waals surface area contributed by atoms with Gasteiger partial charge < -0.3 is 14.8 Å². The number of halogens is 2. The van der Waals surface area contributed by atoms with E-state index in [1.54, 1.807) is 38.5 Å². The maximum atomic E-state index is 13.7. The van der Waals surface area contributed by atoms with Crippen molar-refractivity contribution in [3.63, 3.8) is 0 Å². The molecule has 0 radical (unpaired) electrons. The van der Waals surface area contributed by atoms with Crippen LogP contribution >= 0.6 is 15.9 Å². The van der Waals surface area contributed by atoms with Crippen LogP contribution in [0.3, 0.4) is 0 Å². The number of hydrogen-bond donors (Lipinski definition) is 1. The number of benzene rings is 2. The number of rotatable bonds is 5. The second-order valence-electron chi connectivity index (χ2n) is 4.53. The summed E-state index contributed by atoms with van der Waals surface area (Å²) in [5, 5.41) is 2.68. The standard InChI is InChI=1S/C16H15BrFNO3/c1-21-12-5-10(6-13(8-12)22-2)9-19-16(20)14-7-11(17)3-4-15(14)18/h3-8H,9H2,1-2H3,(H,19,20). The molecule has 4 nitrogen and oxygen atoms in total. The smallest absolute Gasteiger partial charge is 0.254 e. The van der Waals surface area contributed by atoms with Gasteiger partial charge in [-0.15, -0.1) is 0 Å². The molecule has 1 N–H and O–H groups in total. The SMILES string of the molecule is COc1cc(CNC(=O)c2cc(Br)ccc2F)cc(OC)c1. The summed E-state index contributed by atoms with van der Waals surface area (Å²) < 4.78 is 24.6. The Kier molecular flexibility index (Phi) is 5.38. The van der Waals surface area contributed by atoms with Crippen LogP contribution < -0.4 is 14.8 Å². The third-order valence-electron chi connectivity index (χ3n) is 3.04. The maximum absolute atomic E-state index is 13.7. The number of methoxy groups -OCH3 is 2. The fourth-order valence-electron chi connectivity index (χ4n) is 1.92. The summed E-state index contributed by atoms with van der Waals surface area (Å²) in [5.74, 6) is 0.193. The lowest BCUT2D eigenvalue weighted by Crippen LogP contribution is -2.23. The van der Waals surface area contributed by atoms with Crippen LogP contribution in [0.4, 0.5) is 4.39 Å². The Morgan fingerprint density at radius 1 is 1.14 bits per heavy atom. The Bertz CT molecular complexity index is 669. The van der Waals surface area contributed by atoms with Crippen molar-refractivity contribution in [2.45, 2.75) is 6.54 Å². The number of ether oxygens (including phenoxy) is 2. The molecule has 0 bridgehead atoms. The van der Waals surface area contributed by atoms with E-state index in [2.05, 4.69) is 21.2 Å². The molecule has 22 heavy (non-hydrogen) atoms. The molecule has 0 atom stereocenters. The van der Waals surface area contributed by atoms with Crippen LogP contribution in [-0.4, -0.2) is 20.1 Å². The minimum Gasteiger partial charge on any atom is -0.497 e. The Balaban J connectivity index is 2.12. The van der Waals surface area contributed by atoms with Gasteiger partial charge in [0.15, 0.2) is 0 Å². The zero-order chi connectivity index (χ0) is 16.1. The number of nitrogens with one attached hydrogen (secondary N) is 1. The van der Waals surface area contributed by atoms with Crippen LogP contribution in [0, 0.1) is 5.82 Å². The molecule has 1 amide bonds. The highest BCUT2D eigenvalue weighted by Gasteiger charge is 2.12. The number of carbonyl (C=O) groups excluding carboxylic acids is 1. The summed E-state index contributed by atoms with van der Waals surface area (Å²) in [6.07, 6.45) is 0. The summed E-state index contributed by atoms with van der Waals surface area (Å²) in [5.41, 5.74) is 0.782. The molecule has 0 spiro atoms. The van der Waals surface area contributed by atoms with Gasteiger partial charge in [0, 0.05) is 17.1 Å². The molecule has 0 saturated carbocycles. The molecule has 0 saturated heterocycles. The third kappa shape index (κ3) is 3.98. The van der Waals surface area contributed by atoms with Gasteiger partial charge in [-0.2, -0.15) is 0 Å². The van der Waals surface area contributed by atoms with E-state index in [4.69, 9.17) is 9.47 Å². The Morgan fingerprint density at radius 2 is 1.77 bits per heavy atom. The highest BCUT2D eigenvalue weighted by atomic mass is 79.9. The lowest BCUT2D eigenvalue weighted by molar-refractivity contribution is 0.0946. The molecular weight excluding hydrogens is 353 g/mol. The molecular formula is C16H15BrFNO3. The van der Waals surface area contributed by atoms with Crippen LogP contribution in [0.1, 0.15) is 15.9 Å². The van der Waals surface area contributed by atoms with Crippen molar-refractivity contribution in [3.8, 4) is 11.5 Å². The quantitative estimate of drug-likeness (QED) is 0.879. The van der Waals surface area contributed by atoms with Crippen molar-refractivity contribution in [2.75, 3.05) is 14.2 Å². The van der Waals surface area contributed by atoms with Crippen molar-refractivity contribution < 1.29 is 18.7 Å². The first-order valence-electron chi connectivity index (χ1n) is 6.48. The molecule has 0 aromatic heterocycles. The van der Waals surface area contributed by atoms with Gasteiger partial charge in [-0.05, 0) is 35.9 Å². The molecule has 0 aliphatic heterocycles.